The van der Waals surface area contributed by atoms with Crippen LogP contribution in [0.2, 0.25) is 0 Å². The lowest BCUT2D eigenvalue weighted by atomic mass is 10.1. The van der Waals surface area contributed by atoms with Gasteiger partial charge in [0.05, 0.1) is 4.90 Å². The summed E-state index contributed by atoms with van der Waals surface area (Å²) in [6.07, 6.45) is 2.03. The van der Waals surface area contributed by atoms with Crippen molar-refractivity contribution in [3.63, 3.8) is 0 Å². The van der Waals surface area contributed by atoms with Gasteiger partial charge in [-0.2, -0.15) is 0 Å². The Balaban J connectivity index is 2.55. The number of ether oxygens (including phenoxy) is 1. The molecule has 0 fully saturated rings. The van der Waals surface area contributed by atoms with Crippen LogP contribution in [0.25, 0.3) is 0 Å². The van der Waals surface area contributed by atoms with Crippen molar-refractivity contribution in [1.82, 2.24) is 5.32 Å². The highest BCUT2D eigenvalue weighted by Crippen LogP contribution is 2.16. The van der Waals surface area contributed by atoms with Crippen LogP contribution >= 0.6 is 0 Å². The van der Waals surface area contributed by atoms with Crippen LogP contribution < -0.4 is 10.5 Å². The molecule has 1 rings (SSSR count). The number of primary sulfonamides is 1. The topological polar surface area (TPSA) is 81.4 Å². The van der Waals surface area contributed by atoms with Gasteiger partial charge in [-0.3, -0.25) is 0 Å². The van der Waals surface area contributed by atoms with Gasteiger partial charge in [-0.15, -0.1) is 0 Å². The summed E-state index contributed by atoms with van der Waals surface area (Å²) in [5.74, 6) is 0. The number of hydrogen-bond donors (Lipinski definition) is 2. The van der Waals surface area contributed by atoms with E-state index in [1.807, 2.05) is 13.0 Å². The molecule has 1 aromatic rings. The number of rotatable bonds is 8. The fraction of sp³-hybridized carbons (Fsp3) is 0.538. The van der Waals surface area contributed by atoms with Crippen molar-refractivity contribution in [2.24, 2.45) is 5.14 Å². The number of benzene rings is 1. The monoisotopic (exact) mass is 286 g/mol. The first-order chi connectivity index (χ1) is 8.95. The minimum atomic E-state index is -3.64. The zero-order chi connectivity index (χ0) is 14.3. The fourth-order valence-electron chi connectivity index (χ4n) is 1.77. The first-order valence-electron chi connectivity index (χ1n) is 6.30. The van der Waals surface area contributed by atoms with E-state index in [1.54, 1.807) is 19.2 Å². The minimum absolute atomic E-state index is 0.0873. The van der Waals surface area contributed by atoms with Crippen LogP contribution in [0.3, 0.4) is 0 Å². The summed E-state index contributed by atoms with van der Waals surface area (Å²) < 4.78 is 27.5. The van der Waals surface area contributed by atoms with E-state index in [9.17, 15) is 8.42 Å². The molecular formula is C13H22N2O3S. The quantitative estimate of drug-likeness (QED) is 0.708. The van der Waals surface area contributed by atoms with E-state index in [4.69, 9.17) is 9.88 Å². The van der Waals surface area contributed by atoms with Gasteiger partial charge in [-0.25, -0.2) is 13.6 Å². The van der Waals surface area contributed by atoms with Gasteiger partial charge in [0.15, 0.2) is 0 Å². The third-order valence-corrected chi connectivity index (χ3v) is 3.82. The Bertz CT molecular complexity index is 488. The predicted octanol–water partition coefficient (Wildman–Crippen LogP) is 1.41. The zero-order valence-corrected chi connectivity index (χ0v) is 12.2. The van der Waals surface area contributed by atoms with E-state index >= 15 is 0 Å². The zero-order valence-electron chi connectivity index (χ0n) is 11.4. The minimum Gasteiger partial charge on any atom is -0.385 e. The number of methoxy groups -OCH3 is 1. The van der Waals surface area contributed by atoms with E-state index in [1.165, 1.54) is 6.07 Å². The second kappa shape index (κ2) is 7.59. The number of unbranched alkanes of at least 4 members (excludes halogenated alkanes) is 1. The van der Waals surface area contributed by atoms with Gasteiger partial charge in [0.25, 0.3) is 0 Å². The van der Waals surface area contributed by atoms with E-state index in [2.05, 4.69) is 5.32 Å². The predicted molar refractivity (Wildman–Crippen MR) is 75.3 cm³/mol. The van der Waals surface area contributed by atoms with Crippen molar-refractivity contribution < 1.29 is 13.2 Å². The molecule has 0 aliphatic heterocycles. The molecule has 0 spiro atoms. The Morgan fingerprint density at radius 2 is 2.11 bits per heavy atom. The Kier molecular flexibility index (Phi) is 6.44. The van der Waals surface area contributed by atoms with Gasteiger partial charge in [0.2, 0.25) is 10.0 Å². The number of nitrogens with two attached hydrogens (primary N) is 1. The molecule has 0 heterocycles. The van der Waals surface area contributed by atoms with Crippen molar-refractivity contribution in [2.75, 3.05) is 20.3 Å². The molecule has 0 aromatic heterocycles. The number of nitrogens with one attached hydrogen (secondary N) is 1. The van der Waals surface area contributed by atoms with Crippen LogP contribution in [0.4, 0.5) is 0 Å². The van der Waals surface area contributed by atoms with Crippen LogP contribution in [0, 0.1) is 0 Å². The van der Waals surface area contributed by atoms with Gasteiger partial charge < -0.3 is 10.1 Å². The fourth-order valence-corrected chi connectivity index (χ4v) is 2.34. The molecule has 0 amide bonds. The maximum atomic E-state index is 11.3. The second-order valence-corrected chi connectivity index (χ2v) is 6.05. The van der Waals surface area contributed by atoms with Crippen LogP contribution in [0.5, 0.6) is 0 Å². The highest BCUT2D eigenvalue weighted by Gasteiger charge is 2.10. The summed E-state index contributed by atoms with van der Waals surface area (Å²) in [6, 6.07) is 6.80. The molecular weight excluding hydrogens is 264 g/mol. The van der Waals surface area contributed by atoms with Gasteiger partial charge in [-0.05, 0) is 44.0 Å². The Labute approximate surface area is 115 Å². The highest BCUT2D eigenvalue weighted by atomic mass is 32.2. The third-order valence-electron chi connectivity index (χ3n) is 2.91. The molecule has 6 heteroatoms. The Morgan fingerprint density at radius 1 is 1.37 bits per heavy atom. The molecule has 0 aliphatic rings. The molecule has 5 nitrogen and oxygen atoms in total. The van der Waals surface area contributed by atoms with E-state index in [0.29, 0.717) is 0 Å². The summed E-state index contributed by atoms with van der Waals surface area (Å²) >= 11 is 0. The second-order valence-electron chi connectivity index (χ2n) is 4.49. The van der Waals surface area contributed by atoms with Crippen LogP contribution in [0.15, 0.2) is 29.2 Å². The molecule has 0 aliphatic carbocycles. The number of sulfonamides is 1. The summed E-state index contributed by atoms with van der Waals surface area (Å²) in [7, 11) is -1.95. The Hall–Kier alpha value is -0.950. The Morgan fingerprint density at radius 3 is 2.74 bits per heavy atom. The lowest BCUT2D eigenvalue weighted by Gasteiger charge is -2.15. The molecule has 1 atom stereocenters. The highest BCUT2D eigenvalue weighted by molar-refractivity contribution is 7.89. The SMILES string of the molecule is COCCCCNC(C)c1cccc(S(N)(=O)=O)c1. The van der Waals surface area contributed by atoms with Gasteiger partial charge in [0.1, 0.15) is 0 Å². The largest absolute Gasteiger partial charge is 0.385 e. The molecule has 108 valence electrons. The maximum Gasteiger partial charge on any atom is 0.238 e. The lowest BCUT2D eigenvalue weighted by molar-refractivity contribution is 0.192. The standard InChI is InChI=1S/C13H22N2O3S/c1-11(15-8-3-4-9-18-2)12-6-5-7-13(10-12)19(14,16)17/h5-7,10-11,15H,3-4,8-9H2,1-2H3,(H2,14,16,17). The molecule has 0 radical (unpaired) electrons. The van der Waals surface area contributed by atoms with Crippen LogP contribution in [-0.2, 0) is 14.8 Å². The van der Waals surface area contributed by atoms with Crippen LogP contribution in [0.1, 0.15) is 31.4 Å². The van der Waals surface area contributed by atoms with E-state index in [0.717, 1.165) is 31.6 Å². The average molecular weight is 286 g/mol. The van der Waals surface area contributed by atoms with Gasteiger partial charge >= 0.3 is 0 Å². The number of hydrogen-bond acceptors (Lipinski definition) is 4. The normalized spacial score (nSPS) is 13.4. The summed E-state index contributed by atoms with van der Waals surface area (Å²) in [5, 5.41) is 8.46. The molecule has 0 saturated carbocycles. The van der Waals surface area contributed by atoms with Crippen molar-refractivity contribution >= 4 is 10.0 Å². The van der Waals surface area contributed by atoms with E-state index < -0.39 is 10.0 Å². The smallest absolute Gasteiger partial charge is 0.238 e. The summed E-state index contributed by atoms with van der Waals surface area (Å²) in [6.45, 7) is 3.62. The van der Waals surface area contributed by atoms with Crippen molar-refractivity contribution in [3.8, 4) is 0 Å². The molecule has 1 unspecified atom stereocenters. The summed E-state index contributed by atoms with van der Waals surface area (Å²) in [4.78, 5) is 0.151. The molecule has 1 aromatic carbocycles. The van der Waals surface area contributed by atoms with E-state index in [-0.39, 0.29) is 10.9 Å². The summed E-state index contributed by atoms with van der Waals surface area (Å²) in [5.41, 5.74) is 0.915. The van der Waals surface area contributed by atoms with Gasteiger partial charge in [-0.1, -0.05) is 12.1 Å². The molecule has 0 saturated heterocycles. The molecule has 19 heavy (non-hydrogen) atoms. The maximum absolute atomic E-state index is 11.3. The van der Waals surface area contributed by atoms with Crippen LogP contribution in [-0.4, -0.2) is 28.7 Å². The van der Waals surface area contributed by atoms with Crippen molar-refractivity contribution in [3.05, 3.63) is 29.8 Å². The first kappa shape index (κ1) is 16.1. The average Bonchev–Trinajstić information content (AvgIpc) is 2.37. The van der Waals surface area contributed by atoms with Crippen molar-refractivity contribution in [2.45, 2.75) is 30.7 Å². The van der Waals surface area contributed by atoms with Gasteiger partial charge in [0, 0.05) is 19.8 Å². The third kappa shape index (κ3) is 5.69. The molecule has 0 bridgehead atoms. The molecule has 3 N–H and O–H groups in total. The first-order valence-corrected chi connectivity index (χ1v) is 7.85. The lowest BCUT2D eigenvalue weighted by Crippen LogP contribution is -2.21. The van der Waals surface area contributed by atoms with Crippen molar-refractivity contribution in [1.29, 1.82) is 0 Å².